The number of carbonyl (C=O) groups is 5. The number of benzene rings is 1. The topological polar surface area (TPSA) is 126 Å². The van der Waals surface area contributed by atoms with Gasteiger partial charge in [-0.1, -0.05) is 31.4 Å². The lowest BCUT2D eigenvalue weighted by atomic mass is 9.53. The lowest BCUT2D eigenvalue weighted by Gasteiger charge is -2.48. The molecule has 0 bridgehead atoms. The van der Waals surface area contributed by atoms with Gasteiger partial charge in [0.15, 0.2) is 28.7 Å². The van der Waals surface area contributed by atoms with Crippen LogP contribution in [0.4, 0.5) is 0 Å². The lowest BCUT2D eigenvalue weighted by Crippen LogP contribution is -2.67. The van der Waals surface area contributed by atoms with E-state index in [1.54, 1.807) is 0 Å². The van der Waals surface area contributed by atoms with Gasteiger partial charge < -0.3 is 10.2 Å². The van der Waals surface area contributed by atoms with E-state index in [-0.39, 0.29) is 30.1 Å². The van der Waals surface area contributed by atoms with Gasteiger partial charge in [0.2, 0.25) is 0 Å². The third kappa shape index (κ3) is 3.08. The summed E-state index contributed by atoms with van der Waals surface area (Å²) in [7, 11) is 0. The number of Topliss-reactive ketones (excluding diaryl/α,β-unsaturated/α-hetero) is 5. The molecular weight excluding hydrogens is 424 g/mol. The maximum absolute atomic E-state index is 13.6. The largest absolute Gasteiger partial charge is 0.507 e. The third-order valence-corrected chi connectivity index (χ3v) is 8.47. The van der Waals surface area contributed by atoms with Gasteiger partial charge in [-0.25, -0.2) is 0 Å². The van der Waals surface area contributed by atoms with Gasteiger partial charge in [0.25, 0.3) is 0 Å². The molecule has 0 aromatic heterocycles. The van der Waals surface area contributed by atoms with Crippen molar-refractivity contribution in [3.8, 4) is 5.75 Å². The van der Waals surface area contributed by atoms with E-state index in [1.807, 2.05) is 12.1 Å². The summed E-state index contributed by atoms with van der Waals surface area (Å²) < 4.78 is 0. The number of carbonyl (C=O) groups excluding carboxylic acids is 5. The number of phenolic OH excluding ortho intramolecular Hbond substituents is 1. The zero-order valence-electron chi connectivity index (χ0n) is 18.6. The fourth-order valence-corrected chi connectivity index (χ4v) is 6.83. The fourth-order valence-electron chi connectivity index (χ4n) is 6.83. The number of aromatic hydroxyl groups is 1. The average Bonchev–Trinajstić information content (AvgIpc) is 2.76. The molecule has 2 N–H and O–H groups in total. The smallest absolute Gasteiger partial charge is 0.190 e. The van der Waals surface area contributed by atoms with Gasteiger partial charge in [0, 0.05) is 12.3 Å². The van der Waals surface area contributed by atoms with Crippen LogP contribution >= 0.6 is 0 Å². The van der Waals surface area contributed by atoms with Crippen LogP contribution in [0.25, 0.3) is 0 Å². The fraction of sp³-hybridized carbons (Fsp3) is 0.577. The summed E-state index contributed by atoms with van der Waals surface area (Å²) in [4.78, 5) is 64.5. The van der Waals surface area contributed by atoms with Crippen LogP contribution in [0.1, 0.15) is 79.3 Å². The van der Waals surface area contributed by atoms with E-state index >= 15 is 0 Å². The van der Waals surface area contributed by atoms with Gasteiger partial charge in [0.1, 0.15) is 17.5 Å². The second kappa shape index (κ2) is 7.69. The maximum Gasteiger partial charge on any atom is 0.190 e. The highest BCUT2D eigenvalue weighted by Gasteiger charge is 2.65. The van der Waals surface area contributed by atoms with Gasteiger partial charge >= 0.3 is 0 Å². The number of ketones is 5. The van der Waals surface area contributed by atoms with E-state index in [2.05, 4.69) is 0 Å². The molecule has 5 atom stereocenters. The molecule has 0 aliphatic heterocycles. The number of phenols is 1. The van der Waals surface area contributed by atoms with Crippen molar-refractivity contribution in [2.24, 2.45) is 23.7 Å². The van der Waals surface area contributed by atoms with Gasteiger partial charge in [0.05, 0.1) is 11.5 Å². The van der Waals surface area contributed by atoms with Crippen molar-refractivity contribution >= 4 is 28.9 Å². The molecule has 7 heteroatoms. The third-order valence-electron chi connectivity index (χ3n) is 8.47. The molecule has 4 aliphatic carbocycles. The summed E-state index contributed by atoms with van der Waals surface area (Å²) in [5, 5.41) is 22.4. The van der Waals surface area contributed by atoms with E-state index < -0.39 is 58.2 Å². The zero-order chi connectivity index (χ0) is 23.7. The first kappa shape index (κ1) is 22.1. The molecule has 1 aromatic rings. The molecule has 3 saturated carbocycles. The number of rotatable bonds is 2. The SMILES string of the molecule is CC(=O)C1C(=O)C[C@@H]2C[C@@H]3Cc4ccc(C5CCCCC5)c(O)c4C(=O)C3C(=O)[C@]2(O)C1=O. The molecule has 7 nitrogen and oxygen atoms in total. The highest BCUT2D eigenvalue weighted by molar-refractivity contribution is 6.31. The highest BCUT2D eigenvalue weighted by Crippen LogP contribution is 2.51. The molecule has 1 aromatic carbocycles. The van der Waals surface area contributed by atoms with Crippen LogP contribution in [0, 0.1) is 23.7 Å². The van der Waals surface area contributed by atoms with Crippen LogP contribution in [0.15, 0.2) is 12.1 Å². The minimum atomic E-state index is -2.52. The van der Waals surface area contributed by atoms with Gasteiger partial charge in [-0.15, -0.1) is 0 Å². The minimum absolute atomic E-state index is 0.0866. The number of aliphatic hydroxyl groups is 1. The molecule has 174 valence electrons. The summed E-state index contributed by atoms with van der Waals surface area (Å²) in [5.41, 5.74) is -1.02. The van der Waals surface area contributed by atoms with Crippen LogP contribution in [0.3, 0.4) is 0 Å². The Bertz CT molecular complexity index is 1100. The Morgan fingerprint density at radius 1 is 1.00 bits per heavy atom. The van der Waals surface area contributed by atoms with Crippen molar-refractivity contribution in [3.63, 3.8) is 0 Å². The molecule has 33 heavy (non-hydrogen) atoms. The summed E-state index contributed by atoms with van der Waals surface area (Å²) in [6.45, 7) is 1.09. The van der Waals surface area contributed by atoms with Crippen LogP contribution in [0.2, 0.25) is 0 Å². The molecule has 5 rings (SSSR count). The predicted octanol–water partition coefficient (Wildman–Crippen LogP) is 2.48. The second-order valence-electron chi connectivity index (χ2n) is 10.3. The van der Waals surface area contributed by atoms with Gasteiger partial charge in [-0.2, -0.15) is 0 Å². The Morgan fingerprint density at radius 2 is 1.70 bits per heavy atom. The van der Waals surface area contributed by atoms with Crippen LogP contribution < -0.4 is 0 Å². The average molecular weight is 453 g/mol. The summed E-state index contributed by atoms with van der Waals surface area (Å²) in [5.74, 6) is -8.14. The second-order valence-corrected chi connectivity index (χ2v) is 10.3. The Morgan fingerprint density at radius 3 is 2.36 bits per heavy atom. The predicted molar refractivity (Wildman–Crippen MR) is 116 cm³/mol. The van der Waals surface area contributed by atoms with E-state index in [0.29, 0.717) is 12.0 Å². The monoisotopic (exact) mass is 452 g/mol. The first-order valence-corrected chi connectivity index (χ1v) is 11.9. The molecule has 0 amide bonds. The number of fused-ring (bicyclic) bond motifs is 3. The molecule has 0 radical (unpaired) electrons. The number of hydrogen-bond donors (Lipinski definition) is 2. The van der Waals surface area contributed by atoms with E-state index in [9.17, 15) is 34.2 Å². The van der Waals surface area contributed by atoms with Gasteiger partial charge in [-0.3, -0.25) is 24.0 Å². The molecule has 0 saturated heterocycles. The van der Waals surface area contributed by atoms with Crippen molar-refractivity contribution in [1.82, 2.24) is 0 Å². The summed E-state index contributed by atoms with van der Waals surface area (Å²) in [6.07, 6.45) is 5.40. The van der Waals surface area contributed by atoms with Crippen LogP contribution in [-0.4, -0.2) is 44.7 Å². The highest BCUT2D eigenvalue weighted by atomic mass is 16.3. The van der Waals surface area contributed by atoms with E-state index in [0.717, 1.165) is 44.6 Å². The molecule has 4 aliphatic rings. The zero-order valence-corrected chi connectivity index (χ0v) is 18.6. The van der Waals surface area contributed by atoms with Gasteiger partial charge in [-0.05, 0) is 55.6 Å². The molecular formula is C26H28O7. The van der Waals surface area contributed by atoms with E-state index in [1.165, 1.54) is 0 Å². The van der Waals surface area contributed by atoms with Crippen LogP contribution in [-0.2, 0) is 25.6 Å². The Hall–Kier alpha value is -2.67. The number of hydrogen-bond acceptors (Lipinski definition) is 7. The Balaban J connectivity index is 1.54. The molecule has 2 unspecified atom stereocenters. The van der Waals surface area contributed by atoms with Crippen molar-refractivity contribution < 1.29 is 34.2 Å². The van der Waals surface area contributed by atoms with Crippen molar-refractivity contribution in [3.05, 3.63) is 28.8 Å². The first-order valence-electron chi connectivity index (χ1n) is 11.9. The first-order chi connectivity index (χ1) is 15.7. The molecule has 0 spiro atoms. The summed E-state index contributed by atoms with van der Waals surface area (Å²) in [6, 6.07) is 3.73. The van der Waals surface area contributed by atoms with Crippen molar-refractivity contribution in [2.45, 2.75) is 69.8 Å². The van der Waals surface area contributed by atoms with E-state index in [4.69, 9.17) is 0 Å². The molecule has 3 fully saturated rings. The molecule has 0 heterocycles. The standard InChI is InChI=1S/C26H28O7/c1-12(27)19-18(28)11-16-10-15-9-14-7-8-17(13-5-3-2-4-6-13)22(29)20(14)23(30)21(15)25(32)26(16,33)24(19)31/h7-8,13,15-16,19,21,29,33H,2-6,9-11H2,1H3/t15-,16-,19?,21?,26+/m0/s1. The summed E-state index contributed by atoms with van der Waals surface area (Å²) >= 11 is 0. The minimum Gasteiger partial charge on any atom is -0.507 e. The van der Waals surface area contributed by atoms with Crippen molar-refractivity contribution in [2.75, 3.05) is 0 Å². The van der Waals surface area contributed by atoms with Crippen LogP contribution in [0.5, 0.6) is 5.75 Å². The Labute approximate surface area is 191 Å². The Kier molecular flexibility index (Phi) is 5.16. The van der Waals surface area contributed by atoms with Crippen molar-refractivity contribution in [1.29, 1.82) is 0 Å². The normalized spacial score (nSPS) is 34.5. The lowest BCUT2D eigenvalue weighted by molar-refractivity contribution is -0.175. The quantitative estimate of drug-likeness (QED) is 0.660. The maximum atomic E-state index is 13.6.